The number of hydrogen-bond donors (Lipinski definition) is 0. The van der Waals surface area contributed by atoms with E-state index in [1.165, 1.54) is 10.5 Å². The molecule has 0 bridgehead atoms. The van der Waals surface area contributed by atoms with Crippen molar-refractivity contribution in [2.24, 2.45) is 4.99 Å². The first-order chi connectivity index (χ1) is 15.3. The Hall–Kier alpha value is -4.25. The quantitative estimate of drug-likeness (QED) is 0.468. The van der Waals surface area contributed by atoms with E-state index in [0.717, 1.165) is 5.56 Å². The molecular formula is C24H21N5O3. The van der Waals surface area contributed by atoms with E-state index in [0.29, 0.717) is 22.6 Å². The van der Waals surface area contributed by atoms with Crippen LogP contribution in [0, 0.1) is 18.3 Å². The fourth-order valence-corrected chi connectivity index (χ4v) is 3.63. The number of aromatic nitrogens is 3. The van der Waals surface area contributed by atoms with Gasteiger partial charge in [0.05, 0.1) is 18.1 Å². The summed E-state index contributed by atoms with van der Waals surface area (Å²) in [4.78, 5) is 35.1. The molecule has 1 amide bonds. The lowest BCUT2D eigenvalue weighted by Crippen LogP contribution is -2.30. The molecule has 0 saturated carbocycles. The van der Waals surface area contributed by atoms with E-state index >= 15 is 0 Å². The highest BCUT2D eigenvalue weighted by Crippen LogP contribution is 2.16. The van der Waals surface area contributed by atoms with Crippen molar-refractivity contribution in [2.75, 3.05) is 7.11 Å². The Bertz CT molecular complexity index is 1540. The number of nitriles is 1. The highest BCUT2D eigenvalue weighted by Gasteiger charge is 2.17. The number of aryl methyl sites for hydroxylation is 1. The Morgan fingerprint density at radius 1 is 1.19 bits per heavy atom. The summed E-state index contributed by atoms with van der Waals surface area (Å²) in [7, 11) is 1.54. The number of nitrogens with zero attached hydrogens (tertiary/aromatic N) is 5. The van der Waals surface area contributed by atoms with E-state index in [-0.39, 0.29) is 28.0 Å². The van der Waals surface area contributed by atoms with Crippen LogP contribution in [0.4, 0.5) is 0 Å². The van der Waals surface area contributed by atoms with Gasteiger partial charge in [0.15, 0.2) is 5.49 Å². The van der Waals surface area contributed by atoms with Crippen LogP contribution in [-0.4, -0.2) is 27.0 Å². The third-order valence-corrected chi connectivity index (χ3v) is 5.23. The Labute approximate surface area is 183 Å². The zero-order valence-electron chi connectivity index (χ0n) is 18.2. The summed E-state index contributed by atoms with van der Waals surface area (Å²) in [5, 5.41) is 10.1. The van der Waals surface area contributed by atoms with Gasteiger partial charge in [-0.1, -0.05) is 6.07 Å². The maximum absolute atomic E-state index is 13.2. The van der Waals surface area contributed by atoms with Crippen molar-refractivity contribution >= 4 is 22.6 Å². The van der Waals surface area contributed by atoms with Gasteiger partial charge in [-0.2, -0.15) is 10.3 Å². The number of carbonyl (C=O) groups is 1. The van der Waals surface area contributed by atoms with Gasteiger partial charge >= 0.3 is 0 Å². The zero-order chi connectivity index (χ0) is 23.0. The first-order valence-electron chi connectivity index (χ1n) is 10.1. The number of methoxy groups -OCH3 is 1. The van der Waals surface area contributed by atoms with Crippen LogP contribution in [0.3, 0.4) is 0 Å². The summed E-state index contributed by atoms with van der Waals surface area (Å²) in [6.07, 6.45) is 1.65. The zero-order valence-corrected chi connectivity index (χ0v) is 18.2. The van der Waals surface area contributed by atoms with Crippen molar-refractivity contribution in [1.29, 1.82) is 5.26 Å². The third kappa shape index (κ3) is 3.44. The largest absolute Gasteiger partial charge is 0.497 e. The highest BCUT2D eigenvalue weighted by molar-refractivity contribution is 5.95. The molecule has 0 unspecified atom stereocenters. The number of fused-ring (bicyclic) bond motifs is 2. The van der Waals surface area contributed by atoms with Crippen molar-refractivity contribution in [3.05, 3.63) is 81.2 Å². The van der Waals surface area contributed by atoms with Crippen LogP contribution < -0.4 is 15.8 Å². The Balaban J connectivity index is 2.08. The molecule has 0 fully saturated rings. The summed E-state index contributed by atoms with van der Waals surface area (Å²) in [6.45, 7) is 5.65. The van der Waals surface area contributed by atoms with Crippen LogP contribution in [-0.2, 0) is 0 Å². The molecule has 3 heterocycles. The van der Waals surface area contributed by atoms with Crippen molar-refractivity contribution < 1.29 is 9.53 Å². The average molecular weight is 427 g/mol. The molecule has 0 atom stereocenters. The molecule has 0 saturated heterocycles. The maximum Gasteiger partial charge on any atom is 0.278 e. The van der Waals surface area contributed by atoms with Crippen molar-refractivity contribution in [3.63, 3.8) is 0 Å². The van der Waals surface area contributed by atoms with Crippen molar-refractivity contribution in [2.45, 2.75) is 26.8 Å². The minimum Gasteiger partial charge on any atom is -0.497 e. The molecule has 0 aliphatic heterocycles. The van der Waals surface area contributed by atoms with Gasteiger partial charge in [-0.15, -0.1) is 0 Å². The fourth-order valence-electron chi connectivity index (χ4n) is 3.63. The summed E-state index contributed by atoms with van der Waals surface area (Å²) in [5.74, 6) is 0.112. The number of carbonyl (C=O) groups excluding carboxylic acids is 1. The molecule has 0 N–H and O–H groups in total. The van der Waals surface area contributed by atoms with Gasteiger partial charge < -0.3 is 9.30 Å². The second kappa shape index (κ2) is 8.12. The lowest BCUT2D eigenvalue weighted by atomic mass is 10.2. The second-order valence-corrected chi connectivity index (χ2v) is 7.64. The fraction of sp³-hybridized carbons (Fsp3) is 0.208. The topological polar surface area (TPSA) is 102 Å². The van der Waals surface area contributed by atoms with Crippen LogP contribution in [0.1, 0.15) is 41.4 Å². The van der Waals surface area contributed by atoms with Crippen molar-refractivity contribution in [3.8, 4) is 11.8 Å². The predicted molar refractivity (Wildman–Crippen MR) is 120 cm³/mol. The van der Waals surface area contributed by atoms with E-state index < -0.39 is 5.91 Å². The molecule has 3 aromatic heterocycles. The minimum atomic E-state index is -0.508. The summed E-state index contributed by atoms with van der Waals surface area (Å²) < 4.78 is 8.26. The van der Waals surface area contributed by atoms with Gasteiger partial charge in [0.2, 0.25) is 0 Å². The number of ether oxygens (including phenoxy) is 1. The van der Waals surface area contributed by atoms with Gasteiger partial charge in [-0.05, 0) is 62.7 Å². The lowest BCUT2D eigenvalue weighted by Gasteiger charge is -2.17. The SMILES string of the molecule is COc1ccc(C(=O)N=c2c(C#N)cc3c(=O)n4cccc(C)c4nc3n2C(C)C)cc1. The van der Waals surface area contributed by atoms with E-state index in [1.807, 2.05) is 26.8 Å². The van der Waals surface area contributed by atoms with E-state index in [9.17, 15) is 14.9 Å². The molecule has 32 heavy (non-hydrogen) atoms. The lowest BCUT2D eigenvalue weighted by molar-refractivity contribution is 0.0997. The molecular weight excluding hydrogens is 406 g/mol. The first kappa shape index (κ1) is 21.0. The Kier molecular flexibility index (Phi) is 5.33. The van der Waals surface area contributed by atoms with Crippen LogP contribution in [0.25, 0.3) is 16.7 Å². The molecule has 1 aromatic carbocycles. The smallest absolute Gasteiger partial charge is 0.278 e. The molecule has 0 aliphatic carbocycles. The molecule has 160 valence electrons. The molecule has 0 radical (unpaired) electrons. The normalized spacial score (nSPS) is 11.8. The number of amides is 1. The number of rotatable bonds is 3. The molecule has 4 aromatic rings. The van der Waals surface area contributed by atoms with Gasteiger partial charge in [-0.25, -0.2) is 4.98 Å². The third-order valence-electron chi connectivity index (χ3n) is 5.23. The number of pyridine rings is 2. The average Bonchev–Trinajstić information content (AvgIpc) is 2.79. The van der Waals surface area contributed by atoms with Crippen LogP contribution in [0.5, 0.6) is 5.75 Å². The van der Waals surface area contributed by atoms with Gasteiger partial charge in [0, 0.05) is 17.8 Å². The Morgan fingerprint density at radius 3 is 2.53 bits per heavy atom. The highest BCUT2D eigenvalue weighted by atomic mass is 16.5. The van der Waals surface area contributed by atoms with E-state index in [2.05, 4.69) is 11.1 Å². The predicted octanol–water partition coefficient (Wildman–Crippen LogP) is 3.16. The molecule has 0 spiro atoms. The van der Waals surface area contributed by atoms with Gasteiger partial charge in [0.25, 0.3) is 11.5 Å². The van der Waals surface area contributed by atoms with Crippen molar-refractivity contribution in [1.82, 2.24) is 14.0 Å². The molecule has 4 rings (SSSR count). The standard InChI is InChI=1S/C24H21N5O3/c1-14(2)29-21(27-23(30)16-7-9-18(32-4)10-8-16)17(13-25)12-19-22(29)26-20-15(3)6-5-11-28(20)24(19)31/h5-12,14H,1-4H3. The van der Waals surface area contributed by atoms with Crippen LogP contribution in [0.15, 0.2) is 58.4 Å². The van der Waals surface area contributed by atoms with Crippen LogP contribution in [0.2, 0.25) is 0 Å². The number of benzene rings is 1. The first-order valence-corrected chi connectivity index (χ1v) is 10.1. The van der Waals surface area contributed by atoms with Crippen LogP contribution >= 0.6 is 0 Å². The van der Waals surface area contributed by atoms with Gasteiger partial charge in [-0.3, -0.25) is 14.0 Å². The Morgan fingerprint density at radius 2 is 1.91 bits per heavy atom. The monoisotopic (exact) mass is 427 g/mol. The van der Waals surface area contributed by atoms with E-state index in [4.69, 9.17) is 9.72 Å². The van der Waals surface area contributed by atoms with Gasteiger partial charge in [0.1, 0.15) is 23.1 Å². The maximum atomic E-state index is 13.2. The summed E-state index contributed by atoms with van der Waals surface area (Å²) >= 11 is 0. The van der Waals surface area contributed by atoms with E-state index in [1.54, 1.807) is 48.2 Å². The molecule has 8 nitrogen and oxygen atoms in total. The summed E-state index contributed by atoms with van der Waals surface area (Å²) in [5.41, 5.74) is 2.08. The number of hydrogen-bond acceptors (Lipinski definition) is 5. The summed E-state index contributed by atoms with van der Waals surface area (Å²) in [6, 6.07) is 13.5. The molecule has 0 aliphatic rings. The second-order valence-electron chi connectivity index (χ2n) is 7.64. The molecule has 8 heteroatoms. The minimum absolute atomic E-state index is 0.125.